The van der Waals surface area contributed by atoms with Crippen LogP contribution in [0.3, 0.4) is 0 Å². The van der Waals surface area contributed by atoms with Gasteiger partial charge < -0.3 is 5.32 Å². The van der Waals surface area contributed by atoms with Crippen molar-refractivity contribution in [3.05, 3.63) is 70.2 Å². The van der Waals surface area contributed by atoms with Crippen LogP contribution in [-0.2, 0) is 12.8 Å². The third-order valence-corrected chi connectivity index (χ3v) is 4.52. The maximum atomic E-state index is 6.07. The highest BCUT2D eigenvalue weighted by atomic mass is 35.5. The minimum atomic E-state index is 0.444. The Morgan fingerprint density at radius 3 is 2.90 bits per heavy atom. The summed E-state index contributed by atoms with van der Waals surface area (Å²) in [6.45, 7) is 2.26. The molecule has 2 heteroatoms. The van der Waals surface area contributed by atoms with Gasteiger partial charge in [0.15, 0.2) is 0 Å². The summed E-state index contributed by atoms with van der Waals surface area (Å²) in [7, 11) is 0. The van der Waals surface area contributed by atoms with Crippen molar-refractivity contribution < 1.29 is 0 Å². The van der Waals surface area contributed by atoms with E-state index >= 15 is 0 Å². The highest BCUT2D eigenvalue weighted by Crippen LogP contribution is 2.30. The van der Waals surface area contributed by atoms with Crippen LogP contribution >= 0.6 is 11.6 Å². The summed E-state index contributed by atoms with van der Waals surface area (Å²) in [6.07, 6.45) is 4.74. The topological polar surface area (TPSA) is 12.0 Å². The zero-order valence-electron chi connectivity index (χ0n) is 12.5. The Morgan fingerprint density at radius 2 is 2.05 bits per heavy atom. The van der Waals surface area contributed by atoms with Crippen LogP contribution in [-0.4, -0.2) is 6.04 Å². The predicted molar refractivity (Wildman–Crippen MR) is 89.9 cm³/mol. The number of halogens is 1. The molecule has 0 bridgehead atoms. The van der Waals surface area contributed by atoms with Crippen LogP contribution in [0, 0.1) is 0 Å². The molecule has 1 aliphatic carbocycles. The summed E-state index contributed by atoms with van der Waals surface area (Å²) < 4.78 is 0. The molecule has 0 fully saturated rings. The van der Waals surface area contributed by atoms with Gasteiger partial charge in [-0.1, -0.05) is 48.0 Å². The summed E-state index contributed by atoms with van der Waals surface area (Å²) in [4.78, 5) is 0. The van der Waals surface area contributed by atoms with E-state index in [9.17, 15) is 0 Å². The first-order valence-electron chi connectivity index (χ1n) is 7.80. The summed E-state index contributed by atoms with van der Waals surface area (Å²) in [5.41, 5.74) is 4.30. The molecule has 110 valence electrons. The van der Waals surface area contributed by atoms with Gasteiger partial charge in [0.05, 0.1) is 0 Å². The van der Waals surface area contributed by atoms with Crippen molar-refractivity contribution >= 4 is 11.6 Å². The van der Waals surface area contributed by atoms with Gasteiger partial charge in [-0.05, 0) is 61.4 Å². The quantitative estimate of drug-likeness (QED) is 0.843. The second kappa shape index (κ2) is 6.64. The number of rotatable bonds is 4. The lowest BCUT2D eigenvalue weighted by molar-refractivity contribution is 0.407. The smallest absolute Gasteiger partial charge is 0.0408 e. The monoisotopic (exact) mass is 299 g/mol. The second-order valence-corrected chi connectivity index (χ2v) is 6.48. The SMILES string of the molecule is CC(Cc1cccc(Cl)c1)NC1CCCc2ccccc21. The number of fused-ring (bicyclic) bond motifs is 1. The molecule has 0 aliphatic heterocycles. The van der Waals surface area contributed by atoms with Gasteiger partial charge in [-0.25, -0.2) is 0 Å². The highest BCUT2D eigenvalue weighted by Gasteiger charge is 2.20. The van der Waals surface area contributed by atoms with Crippen LogP contribution in [0.1, 0.15) is 42.5 Å². The fourth-order valence-corrected chi connectivity index (χ4v) is 3.56. The van der Waals surface area contributed by atoms with Crippen molar-refractivity contribution in [2.75, 3.05) is 0 Å². The highest BCUT2D eigenvalue weighted by molar-refractivity contribution is 6.30. The number of benzene rings is 2. The number of hydrogen-bond donors (Lipinski definition) is 1. The van der Waals surface area contributed by atoms with E-state index in [2.05, 4.69) is 48.6 Å². The predicted octanol–water partition coefficient (Wildman–Crippen LogP) is 4.94. The minimum Gasteiger partial charge on any atom is -0.307 e. The second-order valence-electron chi connectivity index (χ2n) is 6.05. The number of hydrogen-bond acceptors (Lipinski definition) is 1. The van der Waals surface area contributed by atoms with Crippen LogP contribution < -0.4 is 5.32 Å². The van der Waals surface area contributed by atoms with Crippen molar-refractivity contribution in [1.82, 2.24) is 5.32 Å². The van der Waals surface area contributed by atoms with Crippen LogP contribution in [0.2, 0.25) is 5.02 Å². The molecular weight excluding hydrogens is 278 g/mol. The first-order chi connectivity index (χ1) is 10.2. The van der Waals surface area contributed by atoms with Gasteiger partial charge in [0.1, 0.15) is 0 Å². The fraction of sp³-hybridized carbons (Fsp3) is 0.368. The fourth-order valence-electron chi connectivity index (χ4n) is 3.35. The van der Waals surface area contributed by atoms with E-state index < -0.39 is 0 Å². The Morgan fingerprint density at radius 1 is 1.19 bits per heavy atom. The van der Waals surface area contributed by atoms with E-state index in [1.807, 2.05) is 12.1 Å². The molecule has 0 spiro atoms. The van der Waals surface area contributed by atoms with Crippen molar-refractivity contribution in [2.45, 2.75) is 44.7 Å². The zero-order valence-corrected chi connectivity index (χ0v) is 13.2. The lowest BCUT2D eigenvalue weighted by Gasteiger charge is -2.29. The molecule has 0 saturated heterocycles. The third kappa shape index (κ3) is 3.66. The molecule has 0 saturated carbocycles. The first-order valence-corrected chi connectivity index (χ1v) is 8.18. The molecular formula is C19H22ClN. The summed E-state index contributed by atoms with van der Waals surface area (Å²) >= 11 is 6.07. The maximum absolute atomic E-state index is 6.07. The van der Waals surface area contributed by atoms with Crippen molar-refractivity contribution in [3.63, 3.8) is 0 Å². The molecule has 0 radical (unpaired) electrons. The Balaban J connectivity index is 1.67. The van der Waals surface area contributed by atoms with E-state index in [4.69, 9.17) is 11.6 Å². The molecule has 1 aliphatic rings. The molecule has 1 N–H and O–H groups in total. The van der Waals surface area contributed by atoms with E-state index in [1.165, 1.54) is 36.0 Å². The Hall–Kier alpha value is -1.31. The Kier molecular flexibility index (Phi) is 4.62. The largest absolute Gasteiger partial charge is 0.307 e. The average molecular weight is 300 g/mol. The molecule has 2 atom stereocenters. The van der Waals surface area contributed by atoms with E-state index in [0.717, 1.165) is 11.4 Å². The molecule has 2 aromatic carbocycles. The van der Waals surface area contributed by atoms with Crippen molar-refractivity contribution in [3.8, 4) is 0 Å². The molecule has 0 heterocycles. The number of aryl methyl sites for hydroxylation is 1. The molecule has 0 amide bonds. The van der Waals surface area contributed by atoms with Gasteiger partial charge in [-0.3, -0.25) is 0 Å². The van der Waals surface area contributed by atoms with Gasteiger partial charge in [0.2, 0.25) is 0 Å². The molecule has 3 rings (SSSR count). The average Bonchev–Trinajstić information content (AvgIpc) is 2.47. The van der Waals surface area contributed by atoms with Crippen LogP contribution in [0.15, 0.2) is 48.5 Å². The first kappa shape index (κ1) is 14.6. The van der Waals surface area contributed by atoms with E-state index in [-0.39, 0.29) is 0 Å². The van der Waals surface area contributed by atoms with E-state index in [1.54, 1.807) is 0 Å². The Labute approximate surface area is 132 Å². The van der Waals surface area contributed by atoms with Gasteiger partial charge in [-0.2, -0.15) is 0 Å². The van der Waals surface area contributed by atoms with Gasteiger partial charge in [0.25, 0.3) is 0 Å². The molecule has 21 heavy (non-hydrogen) atoms. The van der Waals surface area contributed by atoms with Crippen molar-refractivity contribution in [2.24, 2.45) is 0 Å². The van der Waals surface area contributed by atoms with E-state index in [0.29, 0.717) is 12.1 Å². The summed E-state index contributed by atoms with van der Waals surface area (Å²) in [6, 6.07) is 18.0. The van der Waals surface area contributed by atoms with Crippen molar-refractivity contribution in [1.29, 1.82) is 0 Å². The minimum absolute atomic E-state index is 0.444. The lowest BCUT2D eigenvalue weighted by atomic mass is 9.87. The van der Waals surface area contributed by atoms with Crippen LogP contribution in [0.4, 0.5) is 0 Å². The van der Waals surface area contributed by atoms with Gasteiger partial charge in [-0.15, -0.1) is 0 Å². The summed E-state index contributed by atoms with van der Waals surface area (Å²) in [5.74, 6) is 0. The standard InChI is InChI=1S/C19H22ClN/c1-14(12-15-6-4-9-17(20)13-15)21-19-11-5-8-16-7-2-3-10-18(16)19/h2-4,6-7,9-10,13-14,19,21H,5,8,11-12H2,1H3. The van der Waals surface area contributed by atoms with Crippen LogP contribution in [0.25, 0.3) is 0 Å². The molecule has 2 unspecified atom stereocenters. The normalized spacial score (nSPS) is 19.0. The number of nitrogens with one attached hydrogen (secondary N) is 1. The van der Waals surface area contributed by atoms with Crippen LogP contribution in [0.5, 0.6) is 0 Å². The lowest BCUT2D eigenvalue weighted by Crippen LogP contribution is -2.34. The third-order valence-electron chi connectivity index (χ3n) is 4.29. The zero-order chi connectivity index (χ0) is 14.7. The molecule has 0 aromatic heterocycles. The Bertz CT molecular complexity index is 608. The molecule has 2 aromatic rings. The van der Waals surface area contributed by atoms with Gasteiger partial charge >= 0.3 is 0 Å². The summed E-state index contributed by atoms with van der Waals surface area (Å²) in [5, 5.41) is 4.62. The maximum Gasteiger partial charge on any atom is 0.0408 e. The van der Waals surface area contributed by atoms with Gasteiger partial charge in [0, 0.05) is 17.1 Å². The molecule has 1 nitrogen and oxygen atoms in total.